The van der Waals surface area contributed by atoms with Crippen LogP contribution in [0.2, 0.25) is 0 Å². The van der Waals surface area contributed by atoms with Gasteiger partial charge in [-0.05, 0) is 51.8 Å². The normalized spacial score (nSPS) is 21.4. The summed E-state index contributed by atoms with van der Waals surface area (Å²) in [6.07, 6.45) is 1.06. The minimum absolute atomic E-state index is 0. The molecule has 0 aromatic heterocycles. The average Bonchev–Trinajstić information content (AvgIpc) is 3.06. The van der Waals surface area contributed by atoms with Crippen molar-refractivity contribution in [3.63, 3.8) is 0 Å². The van der Waals surface area contributed by atoms with Gasteiger partial charge in [0, 0.05) is 11.5 Å². The molecule has 0 unspecified atom stereocenters. The predicted molar refractivity (Wildman–Crippen MR) is 98.7 cm³/mol. The Bertz CT molecular complexity index is 497. The van der Waals surface area contributed by atoms with Crippen LogP contribution in [0.15, 0.2) is 29.3 Å². The van der Waals surface area contributed by atoms with Gasteiger partial charge in [0.15, 0.2) is 5.96 Å². The molecule has 1 aromatic carbocycles. The van der Waals surface area contributed by atoms with Crippen molar-refractivity contribution in [3.05, 3.63) is 29.8 Å². The first-order valence-electron chi connectivity index (χ1n) is 7.23. The van der Waals surface area contributed by atoms with Crippen LogP contribution in [-0.4, -0.2) is 24.1 Å². The van der Waals surface area contributed by atoms with E-state index >= 15 is 0 Å². The molecule has 2 rings (SSSR count). The lowest BCUT2D eigenvalue weighted by atomic mass is 10.1. The third-order valence-electron chi connectivity index (χ3n) is 3.16. The SMILES string of the molecule is CCOc1cccc([C@@H]2C[C@H]2N=C(N)NC(C)(C)C)c1.I. The number of hydrogen-bond donors (Lipinski definition) is 2. The topological polar surface area (TPSA) is 59.6 Å². The third kappa shape index (κ3) is 5.73. The molecule has 5 heteroatoms. The Balaban J connectivity index is 0.00000220. The molecule has 1 saturated carbocycles. The molecule has 1 aliphatic carbocycles. The second-order valence-corrected chi connectivity index (χ2v) is 6.30. The number of hydrogen-bond acceptors (Lipinski definition) is 2. The van der Waals surface area contributed by atoms with Gasteiger partial charge in [0.2, 0.25) is 0 Å². The van der Waals surface area contributed by atoms with Crippen LogP contribution >= 0.6 is 24.0 Å². The Hall–Kier alpha value is -0.980. The first-order chi connectivity index (χ1) is 9.39. The maximum absolute atomic E-state index is 5.93. The predicted octanol–water partition coefficient (Wildman–Crippen LogP) is 3.26. The maximum Gasteiger partial charge on any atom is 0.189 e. The Morgan fingerprint density at radius 1 is 1.43 bits per heavy atom. The molecule has 0 radical (unpaired) electrons. The highest BCUT2D eigenvalue weighted by atomic mass is 127. The van der Waals surface area contributed by atoms with Crippen molar-refractivity contribution in [2.24, 2.45) is 10.7 Å². The fourth-order valence-electron chi connectivity index (χ4n) is 2.28. The van der Waals surface area contributed by atoms with Gasteiger partial charge in [-0.15, -0.1) is 24.0 Å². The van der Waals surface area contributed by atoms with Crippen LogP contribution in [0.3, 0.4) is 0 Å². The second-order valence-electron chi connectivity index (χ2n) is 6.30. The lowest BCUT2D eigenvalue weighted by Crippen LogP contribution is -2.45. The van der Waals surface area contributed by atoms with Crippen molar-refractivity contribution < 1.29 is 4.74 Å². The first kappa shape index (κ1) is 18.1. The minimum Gasteiger partial charge on any atom is -0.494 e. The largest absolute Gasteiger partial charge is 0.494 e. The van der Waals surface area contributed by atoms with Crippen molar-refractivity contribution in [1.29, 1.82) is 0 Å². The third-order valence-corrected chi connectivity index (χ3v) is 3.16. The molecule has 0 amide bonds. The van der Waals surface area contributed by atoms with E-state index in [2.05, 4.69) is 43.2 Å². The molecule has 1 aliphatic rings. The number of halogens is 1. The number of benzene rings is 1. The van der Waals surface area contributed by atoms with Gasteiger partial charge in [-0.1, -0.05) is 12.1 Å². The van der Waals surface area contributed by atoms with Gasteiger partial charge in [0.25, 0.3) is 0 Å². The molecular weight excluding hydrogens is 377 g/mol. The summed E-state index contributed by atoms with van der Waals surface area (Å²) in [5, 5.41) is 3.20. The Morgan fingerprint density at radius 3 is 2.76 bits per heavy atom. The summed E-state index contributed by atoms with van der Waals surface area (Å²) in [5.74, 6) is 1.93. The van der Waals surface area contributed by atoms with E-state index in [4.69, 9.17) is 10.5 Å². The number of nitrogens with zero attached hydrogens (tertiary/aromatic N) is 1. The van der Waals surface area contributed by atoms with Crippen molar-refractivity contribution >= 4 is 29.9 Å². The average molecular weight is 403 g/mol. The molecule has 4 nitrogen and oxygen atoms in total. The van der Waals surface area contributed by atoms with Crippen molar-refractivity contribution in [2.75, 3.05) is 6.61 Å². The number of rotatable bonds is 4. The van der Waals surface area contributed by atoms with Crippen molar-refractivity contribution in [2.45, 2.75) is 51.6 Å². The fraction of sp³-hybridized carbons (Fsp3) is 0.562. The maximum atomic E-state index is 5.93. The molecule has 2 atom stereocenters. The van der Waals surface area contributed by atoms with Crippen molar-refractivity contribution in [1.82, 2.24) is 5.32 Å². The quantitative estimate of drug-likeness (QED) is 0.461. The molecule has 0 saturated heterocycles. The summed E-state index contributed by atoms with van der Waals surface area (Å²) in [7, 11) is 0. The Kier molecular flexibility index (Phi) is 6.31. The monoisotopic (exact) mass is 403 g/mol. The van der Waals surface area contributed by atoms with E-state index in [0.717, 1.165) is 12.2 Å². The summed E-state index contributed by atoms with van der Waals surface area (Å²) in [5.41, 5.74) is 7.17. The van der Waals surface area contributed by atoms with Crippen LogP contribution in [0.5, 0.6) is 5.75 Å². The summed E-state index contributed by atoms with van der Waals surface area (Å²) in [4.78, 5) is 4.55. The zero-order valence-corrected chi connectivity index (χ0v) is 15.5. The second kappa shape index (κ2) is 7.33. The van der Waals surface area contributed by atoms with E-state index in [-0.39, 0.29) is 29.5 Å². The minimum atomic E-state index is -0.0488. The molecule has 0 bridgehead atoms. The molecule has 0 spiro atoms. The van der Waals surface area contributed by atoms with E-state index in [9.17, 15) is 0 Å². The van der Waals surface area contributed by atoms with E-state index in [1.807, 2.05) is 19.1 Å². The zero-order valence-electron chi connectivity index (χ0n) is 13.2. The highest BCUT2D eigenvalue weighted by molar-refractivity contribution is 14.0. The summed E-state index contributed by atoms with van der Waals surface area (Å²) >= 11 is 0. The number of ether oxygens (including phenoxy) is 1. The van der Waals surface area contributed by atoms with Crippen LogP contribution in [-0.2, 0) is 0 Å². The first-order valence-corrected chi connectivity index (χ1v) is 7.23. The van der Waals surface area contributed by atoms with Crippen molar-refractivity contribution in [3.8, 4) is 5.75 Å². The van der Waals surface area contributed by atoms with Crippen LogP contribution in [0, 0.1) is 0 Å². The number of nitrogens with one attached hydrogen (secondary N) is 1. The van der Waals surface area contributed by atoms with Gasteiger partial charge in [0.05, 0.1) is 12.6 Å². The molecule has 3 N–H and O–H groups in total. The standard InChI is InChI=1S/C16H25N3O.HI/c1-5-20-12-8-6-7-11(9-12)13-10-14(13)18-15(17)19-16(2,3)4;/h6-9,13-14H,5,10H2,1-4H3,(H3,17,18,19);1H/t13-,14+;/m0./s1. The van der Waals surface area contributed by atoms with Gasteiger partial charge in [0.1, 0.15) is 5.75 Å². The summed E-state index contributed by atoms with van der Waals surface area (Å²) in [6, 6.07) is 8.56. The fourth-order valence-corrected chi connectivity index (χ4v) is 2.28. The van der Waals surface area contributed by atoms with E-state index < -0.39 is 0 Å². The molecule has 21 heavy (non-hydrogen) atoms. The van der Waals surface area contributed by atoms with E-state index in [1.165, 1.54) is 5.56 Å². The molecule has 0 heterocycles. The summed E-state index contributed by atoms with van der Waals surface area (Å²) < 4.78 is 5.53. The van der Waals surface area contributed by atoms with Gasteiger partial charge in [-0.2, -0.15) is 0 Å². The van der Waals surface area contributed by atoms with Crippen LogP contribution in [0.4, 0.5) is 0 Å². The highest BCUT2D eigenvalue weighted by Gasteiger charge is 2.38. The van der Waals surface area contributed by atoms with Crippen LogP contribution < -0.4 is 15.8 Å². The number of guanidine groups is 1. The smallest absolute Gasteiger partial charge is 0.189 e. The Morgan fingerprint density at radius 2 is 2.14 bits per heavy atom. The highest BCUT2D eigenvalue weighted by Crippen LogP contribution is 2.44. The lowest BCUT2D eigenvalue weighted by Gasteiger charge is -2.21. The van der Waals surface area contributed by atoms with Crippen LogP contribution in [0.25, 0.3) is 0 Å². The number of aliphatic imine (C=N–C) groups is 1. The van der Waals surface area contributed by atoms with Gasteiger partial charge >= 0.3 is 0 Å². The molecule has 0 aliphatic heterocycles. The zero-order chi connectivity index (χ0) is 14.8. The van der Waals surface area contributed by atoms with Gasteiger partial charge < -0.3 is 15.8 Å². The molecular formula is C16H26IN3O. The Labute approximate surface area is 144 Å². The number of nitrogens with two attached hydrogens (primary N) is 1. The molecule has 1 aromatic rings. The molecule has 1 fully saturated rings. The molecule has 118 valence electrons. The summed E-state index contributed by atoms with van der Waals surface area (Å²) in [6.45, 7) is 8.91. The van der Waals surface area contributed by atoms with Gasteiger partial charge in [-0.25, -0.2) is 4.99 Å². The van der Waals surface area contributed by atoms with Gasteiger partial charge in [-0.3, -0.25) is 0 Å². The van der Waals surface area contributed by atoms with Crippen LogP contribution in [0.1, 0.15) is 45.6 Å². The lowest BCUT2D eigenvalue weighted by molar-refractivity contribution is 0.340. The van der Waals surface area contributed by atoms with E-state index in [0.29, 0.717) is 24.5 Å². The van der Waals surface area contributed by atoms with E-state index in [1.54, 1.807) is 0 Å².